The lowest BCUT2D eigenvalue weighted by Crippen LogP contribution is -2.03. The Bertz CT molecular complexity index is 730. The van der Waals surface area contributed by atoms with Gasteiger partial charge in [0.25, 0.3) is 0 Å². The van der Waals surface area contributed by atoms with E-state index in [2.05, 4.69) is 9.97 Å². The van der Waals surface area contributed by atoms with Gasteiger partial charge >= 0.3 is 0 Å². The van der Waals surface area contributed by atoms with E-state index in [-0.39, 0.29) is 0 Å². The lowest BCUT2D eigenvalue weighted by atomic mass is 10.1. The Labute approximate surface area is 115 Å². The first-order chi connectivity index (χ1) is 9.24. The minimum atomic E-state index is -0.823. The topological polar surface area (TPSA) is 46.0 Å². The molecule has 0 fully saturated rings. The molecule has 0 saturated heterocycles. The fraction of sp³-hybridized carbons (Fsp3) is 0.0667. The molecule has 1 unspecified atom stereocenters. The molecule has 3 rings (SSSR count). The van der Waals surface area contributed by atoms with E-state index < -0.39 is 6.10 Å². The van der Waals surface area contributed by atoms with Gasteiger partial charge in [-0.3, -0.25) is 4.98 Å². The molecule has 0 spiro atoms. The van der Waals surface area contributed by atoms with E-state index >= 15 is 0 Å². The Morgan fingerprint density at radius 2 is 1.79 bits per heavy atom. The Morgan fingerprint density at radius 1 is 1.00 bits per heavy atom. The lowest BCUT2D eigenvalue weighted by Gasteiger charge is -2.11. The number of aromatic nitrogens is 2. The number of hydrogen-bond donors (Lipinski definition) is 1. The van der Waals surface area contributed by atoms with E-state index in [1.165, 1.54) is 0 Å². The van der Waals surface area contributed by atoms with Gasteiger partial charge in [0.2, 0.25) is 0 Å². The number of benzene rings is 2. The first-order valence-corrected chi connectivity index (χ1v) is 6.27. The largest absolute Gasteiger partial charge is 0.382 e. The highest BCUT2D eigenvalue weighted by atomic mass is 35.5. The van der Waals surface area contributed by atoms with Gasteiger partial charge in [0.15, 0.2) is 0 Å². The van der Waals surface area contributed by atoms with Gasteiger partial charge in [-0.2, -0.15) is 0 Å². The summed E-state index contributed by atoms with van der Waals surface area (Å²) in [6, 6.07) is 14.7. The van der Waals surface area contributed by atoms with Crippen molar-refractivity contribution in [2.45, 2.75) is 6.10 Å². The maximum Gasteiger partial charge on any atom is 0.123 e. The van der Waals surface area contributed by atoms with Crippen molar-refractivity contribution in [1.82, 2.24) is 9.97 Å². The van der Waals surface area contributed by atoms with E-state index in [0.717, 1.165) is 11.0 Å². The standard InChI is InChI=1S/C15H11ClN2O/c16-11-5-3-4-10(8-11)15(19)14-9-17-12-6-1-2-7-13(12)18-14/h1-9,15,19H. The number of para-hydroxylation sites is 2. The van der Waals surface area contributed by atoms with Gasteiger partial charge in [0.1, 0.15) is 6.10 Å². The van der Waals surface area contributed by atoms with E-state index in [0.29, 0.717) is 16.3 Å². The normalized spacial score (nSPS) is 12.5. The highest BCUT2D eigenvalue weighted by molar-refractivity contribution is 6.30. The maximum atomic E-state index is 10.3. The van der Waals surface area contributed by atoms with E-state index in [1.807, 2.05) is 30.3 Å². The molecule has 2 aromatic carbocycles. The second-order valence-electron chi connectivity index (χ2n) is 4.24. The Morgan fingerprint density at radius 3 is 2.58 bits per heavy atom. The van der Waals surface area contributed by atoms with Crippen LogP contribution in [0.1, 0.15) is 17.4 Å². The van der Waals surface area contributed by atoms with Gasteiger partial charge in [0, 0.05) is 5.02 Å². The van der Waals surface area contributed by atoms with Crippen LogP contribution < -0.4 is 0 Å². The average Bonchev–Trinajstić information content (AvgIpc) is 2.46. The van der Waals surface area contributed by atoms with Crippen LogP contribution in [0.25, 0.3) is 11.0 Å². The predicted octanol–water partition coefficient (Wildman–Crippen LogP) is 3.36. The highest BCUT2D eigenvalue weighted by Gasteiger charge is 2.13. The third kappa shape index (κ3) is 2.43. The molecule has 19 heavy (non-hydrogen) atoms. The summed E-state index contributed by atoms with van der Waals surface area (Å²) in [6.07, 6.45) is 0.768. The summed E-state index contributed by atoms with van der Waals surface area (Å²) in [5, 5.41) is 10.9. The number of nitrogens with zero attached hydrogens (tertiary/aromatic N) is 2. The number of halogens is 1. The molecule has 0 aliphatic heterocycles. The second-order valence-corrected chi connectivity index (χ2v) is 4.68. The quantitative estimate of drug-likeness (QED) is 0.777. The van der Waals surface area contributed by atoms with Crippen LogP contribution in [-0.2, 0) is 0 Å². The summed E-state index contributed by atoms with van der Waals surface area (Å²) in [4.78, 5) is 8.72. The number of rotatable bonds is 2. The molecule has 0 bridgehead atoms. The molecule has 0 saturated carbocycles. The van der Waals surface area contributed by atoms with Gasteiger partial charge in [-0.25, -0.2) is 4.98 Å². The zero-order chi connectivity index (χ0) is 13.2. The smallest absolute Gasteiger partial charge is 0.123 e. The van der Waals surface area contributed by atoms with Crippen molar-refractivity contribution in [3.8, 4) is 0 Å². The van der Waals surface area contributed by atoms with Crippen LogP contribution in [0.3, 0.4) is 0 Å². The Kier molecular flexibility index (Phi) is 3.15. The molecule has 4 heteroatoms. The van der Waals surface area contributed by atoms with Crippen LogP contribution in [0.2, 0.25) is 5.02 Å². The third-order valence-electron chi connectivity index (χ3n) is 2.91. The van der Waals surface area contributed by atoms with Crippen molar-refractivity contribution >= 4 is 22.6 Å². The molecule has 3 aromatic rings. The summed E-state index contributed by atoms with van der Waals surface area (Å²) >= 11 is 5.92. The fourth-order valence-corrected chi connectivity index (χ4v) is 2.15. The summed E-state index contributed by atoms with van der Waals surface area (Å²) in [5.41, 5.74) is 2.80. The number of fused-ring (bicyclic) bond motifs is 1. The van der Waals surface area contributed by atoms with Gasteiger partial charge in [-0.1, -0.05) is 35.9 Å². The lowest BCUT2D eigenvalue weighted by molar-refractivity contribution is 0.215. The fourth-order valence-electron chi connectivity index (χ4n) is 1.95. The summed E-state index contributed by atoms with van der Waals surface area (Å²) in [5.74, 6) is 0. The van der Waals surface area contributed by atoms with Crippen molar-refractivity contribution in [3.63, 3.8) is 0 Å². The highest BCUT2D eigenvalue weighted by Crippen LogP contribution is 2.23. The third-order valence-corrected chi connectivity index (χ3v) is 3.15. The molecular formula is C15H11ClN2O. The van der Waals surface area contributed by atoms with Gasteiger partial charge in [-0.05, 0) is 29.8 Å². The molecule has 3 nitrogen and oxygen atoms in total. The van der Waals surface area contributed by atoms with Crippen LogP contribution in [-0.4, -0.2) is 15.1 Å². The molecule has 0 aliphatic rings. The Hall–Kier alpha value is -1.97. The summed E-state index contributed by atoms with van der Waals surface area (Å²) in [6.45, 7) is 0. The van der Waals surface area contributed by atoms with E-state index in [9.17, 15) is 5.11 Å². The molecule has 1 atom stereocenters. The first-order valence-electron chi connectivity index (χ1n) is 5.89. The maximum absolute atomic E-state index is 10.3. The SMILES string of the molecule is OC(c1cccc(Cl)c1)c1cnc2ccccc2n1. The second kappa shape index (κ2) is 4.96. The molecule has 0 radical (unpaired) electrons. The van der Waals surface area contributed by atoms with Crippen LogP contribution in [0.15, 0.2) is 54.7 Å². The van der Waals surface area contributed by atoms with E-state index in [4.69, 9.17) is 11.6 Å². The molecule has 94 valence electrons. The molecule has 0 amide bonds. The minimum absolute atomic E-state index is 0.515. The number of aliphatic hydroxyl groups excluding tert-OH is 1. The molecular weight excluding hydrogens is 260 g/mol. The van der Waals surface area contributed by atoms with Crippen LogP contribution in [0, 0.1) is 0 Å². The van der Waals surface area contributed by atoms with Crippen LogP contribution in [0.5, 0.6) is 0 Å². The molecule has 1 N–H and O–H groups in total. The van der Waals surface area contributed by atoms with Crippen LogP contribution >= 0.6 is 11.6 Å². The van der Waals surface area contributed by atoms with Crippen molar-refractivity contribution in [1.29, 1.82) is 0 Å². The molecule has 1 aromatic heterocycles. The molecule has 1 heterocycles. The average molecular weight is 271 g/mol. The minimum Gasteiger partial charge on any atom is -0.382 e. The van der Waals surface area contributed by atoms with Crippen molar-refractivity contribution in [2.24, 2.45) is 0 Å². The van der Waals surface area contributed by atoms with Crippen molar-refractivity contribution < 1.29 is 5.11 Å². The van der Waals surface area contributed by atoms with Crippen molar-refractivity contribution in [3.05, 3.63) is 71.0 Å². The zero-order valence-corrected chi connectivity index (χ0v) is 10.7. The van der Waals surface area contributed by atoms with Gasteiger partial charge < -0.3 is 5.11 Å². The first kappa shape index (κ1) is 12.1. The Balaban J connectivity index is 2.04. The number of aliphatic hydroxyl groups is 1. The van der Waals surface area contributed by atoms with Crippen molar-refractivity contribution in [2.75, 3.05) is 0 Å². The monoisotopic (exact) mass is 270 g/mol. The summed E-state index contributed by atoms with van der Waals surface area (Å²) in [7, 11) is 0. The molecule has 0 aliphatic carbocycles. The zero-order valence-electron chi connectivity index (χ0n) is 9.99. The van der Waals surface area contributed by atoms with E-state index in [1.54, 1.807) is 24.4 Å². The van der Waals surface area contributed by atoms with Crippen LogP contribution in [0.4, 0.5) is 0 Å². The van der Waals surface area contributed by atoms with Gasteiger partial charge in [-0.15, -0.1) is 0 Å². The van der Waals surface area contributed by atoms with Gasteiger partial charge in [0.05, 0.1) is 22.9 Å². The summed E-state index contributed by atoms with van der Waals surface area (Å²) < 4.78 is 0. The predicted molar refractivity (Wildman–Crippen MR) is 75.1 cm³/mol. The number of hydrogen-bond acceptors (Lipinski definition) is 3.